The molecule has 0 radical (unpaired) electrons. The number of anilines is 2. The van der Waals surface area contributed by atoms with E-state index < -0.39 is 24.5 Å². The smallest absolute Gasteiger partial charge is 0.338 e. The number of aryl methyl sites for hydroxylation is 1. The zero-order chi connectivity index (χ0) is 25.1. The molecule has 0 aliphatic carbocycles. The quantitative estimate of drug-likeness (QED) is 0.399. The fourth-order valence-electron chi connectivity index (χ4n) is 2.80. The van der Waals surface area contributed by atoms with Gasteiger partial charge in [0.05, 0.1) is 12.2 Å². The highest BCUT2D eigenvalue weighted by molar-refractivity contribution is 9.10. The van der Waals surface area contributed by atoms with Crippen molar-refractivity contribution in [3.05, 3.63) is 58.1 Å². The summed E-state index contributed by atoms with van der Waals surface area (Å²) in [7, 11) is 0. The van der Waals surface area contributed by atoms with E-state index >= 15 is 0 Å². The van der Waals surface area contributed by atoms with Crippen LogP contribution in [0.5, 0.6) is 0 Å². The summed E-state index contributed by atoms with van der Waals surface area (Å²) in [6.07, 6.45) is 0.397. The van der Waals surface area contributed by atoms with E-state index in [1.165, 1.54) is 0 Å². The van der Waals surface area contributed by atoms with E-state index in [-0.39, 0.29) is 31.1 Å². The number of benzene rings is 2. The maximum atomic E-state index is 12.1. The van der Waals surface area contributed by atoms with E-state index in [0.29, 0.717) is 23.5 Å². The molecule has 2 aromatic rings. The van der Waals surface area contributed by atoms with Gasteiger partial charge >= 0.3 is 11.9 Å². The first kappa shape index (κ1) is 27.0. The molecule has 9 heteroatoms. The average molecular weight is 533 g/mol. The van der Waals surface area contributed by atoms with E-state index in [1.807, 2.05) is 26.8 Å². The van der Waals surface area contributed by atoms with Crippen molar-refractivity contribution in [2.45, 2.75) is 40.0 Å². The van der Waals surface area contributed by atoms with E-state index in [1.54, 1.807) is 36.4 Å². The maximum Gasteiger partial charge on any atom is 0.338 e. The van der Waals surface area contributed by atoms with Crippen molar-refractivity contribution < 1.29 is 28.7 Å². The van der Waals surface area contributed by atoms with Gasteiger partial charge in [0.1, 0.15) is 0 Å². The Bertz CT molecular complexity index is 1020. The molecule has 0 bridgehead atoms. The Morgan fingerprint density at radius 3 is 2.26 bits per heavy atom. The van der Waals surface area contributed by atoms with Gasteiger partial charge in [-0.3, -0.25) is 14.4 Å². The molecule has 0 saturated carbocycles. The second-order valence-electron chi connectivity index (χ2n) is 8.14. The molecule has 0 fully saturated rings. The van der Waals surface area contributed by atoms with Crippen LogP contribution in [-0.2, 0) is 23.9 Å². The van der Waals surface area contributed by atoms with Gasteiger partial charge in [-0.05, 0) is 67.3 Å². The zero-order valence-electron chi connectivity index (χ0n) is 19.5. The number of esters is 2. The molecule has 2 aromatic carbocycles. The lowest BCUT2D eigenvalue weighted by Crippen LogP contribution is -2.21. The van der Waals surface area contributed by atoms with Crippen molar-refractivity contribution in [3.8, 4) is 0 Å². The summed E-state index contributed by atoms with van der Waals surface area (Å²) in [5.41, 5.74) is 2.45. The minimum absolute atomic E-state index is 0.0125. The van der Waals surface area contributed by atoms with Crippen LogP contribution >= 0.6 is 15.9 Å². The number of halogens is 1. The molecule has 2 rings (SSSR count). The molecule has 0 saturated heterocycles. The Morgan fingerprint density at radius 1 is 0.912 bits per heavy atom. The van der Waals surface area contributed by atoms with Crippen molar-refractivity contribution in [2.24, 2.45) is 5.92 Å². The lowest BCUT2D eigenvalue weighted by molar-refractivity contribution is -0.147. The molecule has 0 aliphatic heterocycles. The summed E-state index contributed by atoms with van der Waals surface area (Å²) in [5, 5.41) is 5.40. The van der Waals surface area contributed by atoms with Crippen LogP contribution < -0.4 is 10.6 Å². The molecular weight excluding hydrogens is 504 g/mol. The van der Waals surface area contributed by atoms with Crippen LogP contribution in [0.2, 0.25) is 0 Å². The SMILES string of the molecule is Cc1cc(Br)ccc1NC(=O)COC(=O)CCCC(=O)Nc1ccc(C(=O)OCC(C)C)cc1. The van der Waals surface area contributed by atoms with Crippen molar-refractivity contribution >= 4 is 51.1 Å². The summed E-state index contributed by atoms with van der Waals surface area (Å²) in [6.45, 7) is 5.71. The van der Waals surface area contributed by atoms with Crippen molar-refractivity contribution in [2.75, 3.05) is 23.8 Å². The van der Waals surface area contributed by atoms with Crippen molar-refractivity contribution in [3.63, 3.8) is 0 Å². The van der Waals surface area contributed by atoms with Crippen LogP contribution in [0.4, 0.5) is 11.4 Å². The van der Waals surface area contributed by atoms with Crippen molar-refractivity contribution in [1.82, 2.24) is 0 Å². The molecule has 0 atom stereocenters. The Morgan fingerprint density at radius 2 is 1.62 bits per heavy atom. The van der Waals surface area contributed by atoms with Crippen LogP contribution in [0, 0.1) is 12.8 Å². The molecule has 0 heterocycles. The lowest BCUT2D eigenvalue weighted by atomic mass is 10.2. The molecule has 0 aliphatic rings. The highest BCUT2D eigenvalue weighted by Gasteiger charge is 2.12. The molecule has 8 nitrogen and oxygen atoms in total. The van der Waals surface area contributed by atoms with Gasteiger partial charge in [0, 0.05) is 28.7 Å². The van der Waals surface area contributed by atoms with Gasteiger partial charge in [0.25, 0.3) is 5.91 Å². The number of hydrogen-bond acceptors (Lipinski definition) is 6. The molecule has 182 valence electrons. The number of nitrogens with one attached hydrogen (secondary N) is 2. The molecule has 2 N–H and O–H groups in total. The van der Waals surface area contributed by atoms with Crippen LogP contribution in [0.25, 0.3) is 0 Å². The van der Waals surface area contributed by atoms with E-state index in [0.717, 1.165) is 10.0 Å². The predicted molar refractivity (Wildman–Crippen MR) is 133 cm³/mol. The van der Waals surface area contributed by atoms with Gasteiger partial charge in [-0.25, -0.2) is 4.79 Å². The van der Waals surface area contributed by atoms with E-state index in [2.05, 4.69) is 26.6 Å². The second-order valence-corrected chi connectivity index (χ2v) is 9.06. The first-order chi connectivity index (χ1) is 16.1. The minimum atomic E-state index is -0.556. The first-order valence-corrected chi connectivity index (χ1v) is 11.7. The number of rotatable bonds is 11. The monoisotopic (exact) mass is 532 g/mol. The van der Waals surface area contributed by atoms with Gasteiger partial charge in [-0.15, -0.1) is 0 Å². The third-order valence-corrected chi connectivity index (χ3v) is 5.06. The maximum absolute atomic E-state index is 12.1. The molecular formula is C25H29BrN2O6. The fourth-order valence-corrected chi connectivity index (χ4v) is 3.28. The largest absolute Gasteiger partial charge is 0.462 e. The molecule has 0 unspecified atom stereocenters. The minimum Gasteiger partial charge on any atom is -0.462 e. The zero-order valence-corrected chi connectivity index (χ0v) is 21.1. The highest BCUT2D eigenvalue weighted by Crippen LogP contribution is 2.20. The van der Waals surface area contributed by atoms with Crippen molar-refractivity contribution in [1.29, 1.82) is 0 Å². The second kappa shape index (κ2) is 13.5. The summed E-state index contributed by atoms with van der Waals surface area (Å²) in [5.74, 6) is -1.43. The molecule has 0 spiro atoms. The summed E-state index contributed by atoms with van der Waals surface area (Å²) < 4.78 is 11.0. The number of carbonyl (C=O) groups excluding carboxylic acids is 4. The van der Waals surface area contributed by atoms with Crippen LogP contribution in [0.1, 0.15) is 49.0 Å². The Balaban J connectivity index is 1.66. The molecule has 0 aromatic heterocycles. The molecule has 34 heavy (non-hydrogen) atoms. The lowest BCUT2D eigenvalue weighted by Gasteiger charge is -2.10. The third-order valence-electron chi connectivity index (χ3n) is 4.56. The Labute approximate surface area is 207 Å². The third kappa shape index (κ3) is 9.74. The number of ether oxygens (including phenoxy) is 2. The first-order valence-electron chi connectivity index (χ1n) is 10.9. The Hall–Kier alpha value is -3.20. The normalized spacial score (nSPS) is 10.5. The summed E-state index contributed by atoms with van der Waals surface area (Å²) in [6, 6.07) is 11.8. The van der Waals surface area contributed by atoms with Gasteiger partial charge in [-0.1, -0.05) is 29.8 Å². The topological polar surface area (TPSA) is 111 Å². The highest BCUT2D eigenvalue weighted by atomic mass is 79.9. The molecule has 2 amide bonds. The predicted octanol–water partition coefficient (Wildman–Crippen LogP) is 4.86. The average Bonchev–Trinajstić information content (AvgIpc) is 2.78. The van der Waals surface area contributed by atoms with Gasteiger partial charge < -0.3 is 20.1 Å². The van der Waals surface area contributed by atoms with E-state index in [4.69, 9.17) is 9.47 Å². The van der Waals surface area contributed by atoms with E-state index in [9.17, 15) is 19.2 Å². The van der Waals surface area contributed by atoms with Crippen LogP contribution in [0.15, 0.2) is 46.9 Å². The van der Waals surface area contributed by atoms with Gasteiger partial charge in [0.2, 0.25) is 5.91 Å². The summed E-state index contributed by atoms with van der Waals surface area (Å²) in [4.78, 5) is 47.9. The van der Waals surface area contributed by atoms with Crippen LogP contribution in [0.3, 0.4) is 0 Å². The number of amides is 2. The number of hydrogen-bond donors (Lipinski definition) is 2. The fraction of sp³-hybridized carbons (Fsp3) is 0.360. The summed E-state index contributed by atoms with van der Waals surface area (Å²) >= 11 is 3.35. The van der Waals surface area contributed by atoms with Gasteiger partial charge in [-0.2, -0.15) is 0 Å². The van der Waals surface area contributed by atoms with Gasteiger partial charge in [0.15, 0.2) is 6.61 Å². The standard InChI is InChI=1S/C25H29BrN2O6/c1-16(2)14-34-25(32)18-7-10-20(11-8-18)27-22(29)5-4-6-24(31)33-15-23(30)28-21-12-9-19(26)13-17(21)3/h7-13,16H,4-6,14-15H2,1-3H3,(H,27,29)(H,28,30). The Kier molecular flexibility index (Phi) is 10.7. The van der Waals surface area contributed by atoms with Crippen LogP contribution in [-0.4, -0.2) is 37.0 Å². The number of carbonyl (C=O) groups is 4.